The molecule has 0 saturated heterocycles. The monoisotopic (exact) mass is 559 g/mol. The van der Waals surface area contributed by atoms with Gasteiger partial charge in [-0.1, -0.05) is 30.7 Å². The predicted octanol–water partition coefficient (Wildman–Crippen LogP) is 5.68. The summed E-state index contributed by atoms with van der Waals surface area (Å²) in [5, 5.41) is 5.49. The molecule has 37 heavy (non-hydrogen) atoms. The standard InChI is InChI=1S/C25H29ClF3N3O4S/c1-14-19(31-23(35)36-24(2,3)4)18-20(37-14)17(21(33)30-11-5-10-25(27,28)29)13-32(22(18)34)12-15-6-8-16(26)9-7-15/h6-9,13-14,19H,5,10-12H2,1-4H3,(H,30,33)(H,31,35)/t14-,19+/m1/s1. The van der Waals surface area contributed by atoms with E-state index in [0.29, 0.717) is 9.92 Å². The topological polar surface area (TPSA) is 89.4 Å². The maximum atomic E-state index is 13.6. The van der Waals surface area contributed by atoms with Crippen molar-refractivity contribution in [2.45, 2.75) is 75.0 Å². The van der Waals surface area contributed by atoms with Gasteiger partial charge >= 0.3 is 12.3 Å². The van der Waals surface area contributed by atoms with Gasteiger partial charge in [0, 0.05) is 34.3 Å². The Balaban J connectivity index is 1.97. The number of pyridine rings is 1. The molecule has 1 aliphatic heterocycles. The van der Waals surface area contributed by atoms with Gasteiger partial charge in [-0.25, -0.2) is 4.79 Å². The number of halogens is 4. The lowest BCUT2D eigenvalue weighted by molar-refractivity contribution is -0.135. The van der Waals surface area contributed by atoms with E-state index < -0.39 is 41.8 Å². The Hall–Kier alpha value is -2.66. The number of ether oxygens (including phenoxy) is 1. The lowest BCUT2D eigenvalue weighted by Crippen LogP contribution is -2.40. The van der Waals surface area contributed by atoms with Crippen molar-refractivity contribution in [3.05, 3.63) is 62.5 Å². The first-order chi connectivity index (χ1) is 17.1. The second-order valence-electron chi connectivity index (χ2n) is 9.77. The zero-order valence-corrected chi connectivity index (χ0v) is 22.4. The second-order valence-corrected chi connectivity index (χ2v) is 11.6. The number of hydrogen-bond acceptors (Lipinski definition) is 5. The van der Waals surface area contributed by atoms with Gasteiger partial charge in [-0.15, -0.1) is 11.8 Å². The fourth-order valence-electron chi connectivity index (χ4n) is 3.84. The summed E-state index contributed by atoms with van der Waals surface area (Å²) in [6.45, 7) is 6.90. The van der Waals surface area contributed by atoms with Crippen LogP contribution in [0.5, 0.6) is 0 Å². The zero-order valence-electron chi connectivity index (χ0n) is 20.9. The van der Waals surface area contributed by atoms with Gasteiger partial charge in [-0.3, -0.25) is 9.59 Å². The molecular weight excluding hydrogens is 531 g/mol. The molecule has 0 unspecified atom stereocenters. The fraction of sp³-hybridized carbons (Fsp3) is 0.480. The number of nitrogens with zero attached hydrogens (tertiary/aromatic N) is 1. The number of amides is 2. The minimum atomic E-state index is -4.32. The van der Waals surface area contributed by atoms with Crippen LogP contribution in [0.4, 0.5) is 18.0 Å². The first-order valence-electron chi connectivity index (χ1n) is 11.7. The van der Waals surface area contributed by atoms with E-state index in [9.17, 15) is 27.6 Å². The summed E-state index contributed by atoms with van der Waals surface area (Å²) < 4.78 is 44.2. The Morgan fingerprint density at radius 1 is 1.16 bits per heavy atom. The molecule has 0 aliphatic carbocycles. The third kappa shape index (κ3) is 7.91. The molecule has 2 aromatic rings. The largest absolute Gasteiger partial charge is 0.444 e. The molecule has 12 heteroatoms. The molecule has 7 nitrogen and oxygen atoms in total. The molecule has 3 rings (SSSR count). The van der Waals surface area contributed by atoms with Crippen LogP contribution in [0.1, 0.15) is 68.1 Å². The number of rotatable bonds is 7. The van der Waals surface area contributed by atoms with Crippen molar-refractivity contribution in [3.8, 4) is 0 Å². The molecule has 1 aliphatic rings. The smallest absolute Gasteiger partial charge is 0.408 e. The molecule has 1 aromatic heterocycles. The van der Waals surface area contributed by atoms with E-state index in [-0.39, 0.29) is 35.9 Å². The molecule has 0 fully saturated rings. The van der Waals surface area contributed by atoms with Crippen LogP contribution in [0.2, 0.25) is 5.02 Å². The highest BCUT2D eigenvalue weighted by Gasteiger charge is 2.38. The summed E-state index contributed by atoms with van der Waals surface area (Å²) in [6, 6.07) is 6.10. The van der Waals surface area contributed by atoms with Gasteiger partial charge in [0.1, 0.15) is 5.60 Å². The highest BCUT2D eigenvalue weighted by molar-refractivity contribution is 8.00. The number of hydrogen-bond donors (Lipinski definition) is 2. The molecular formula is C25H29ClF3N3O4S. The lowest BCUT2D eigenvalue weighted by atomic mass is 10.0. The highest BCUT2D eigenvalue weighted by Crippen LogP contribution is 2.44. The Kier molecular flexibility index (Phi) is 8.89. The molecule has 2 N–H and O–H groups in total. The number of thioether (sulfide) groups is 1. The van der Waals surface area contributed by atoms with Crippen LogP contribution in [-0.2, 0) is 11.3 Å². The third-order valence-corrected chi connectivity index (χ3v) is 7.03. The van der Waals surface area contributed by atoms with E-state index in [2.05, 4.69) is 10.6 Å². The quantitative estimate of drug-likeness (QED) is 0.426. The number of benzene rings is 1. The maximum absolute atomic E-state index is 13.6. The molecule has 202 valence electrons. The Morgan fingerprint density at radius 2 is 1.81 bits per heavy atom. The van der Waals surface area contributed by atoms with E-state index in [1.807, 2.05) is 0 Å². The van der Waals surface area contributed by atoms with Crippen LogP contribution in [0, 0.1) is 0 Å². The summed E-state index contributed by atoms with van der Waals surface area (Å²) in [5.74, 6) is -0.596. The number of fused-ring (bicyclic) bond motifs is 1. The molecule has 2 amide bonds. The predicted molar refractivity (Wildman–Crippen MR) is 136 cm³/mol. The van der Waals surface area contributed by atoms with Crippen molar-refractivity contribution in [1.82, 2.24) is 15.2 Å². The molecule has 2 heterocycles. The van der Waals surface area contributed by atoms with Crippen molar-refractivity contribution in [1.29, 1.82) is 0 Å². The molecule has 0 radical (unpaired) electrons. The van der Waals surface area contributed by atoms with E-state index >= 15 is 0 Å². The minimum Gasteiger partial charge on any atom is -0.444 e. The highest BCUT2D eigenvalue weighted by atomic mass is 35.5. The summed E-state index contributed by atoms with van der Waals surface area (Å²) in [6.07, 6.45) is -4.90. The fourth-order valence-corrected chi connectivity index (χ4v) is 5.29. The molecule has 2 atom stereocenters. The summed E-state index contributed by atoms with van der Waals surface area (Å²) >= 11 is 7.21. The number of carbonyl (C=O) groups excluding carboxylic acids is 2. The average Bonchev–Trinajstić information content (AvgIpc) is 3.08. The van der Waals surface area contributed by atoms with Crippen LogP contribution in [-0.4, -0.2) is 40.1 Å². The molecule has 0 saturated carbocycles. The summed E-state index contributed by atoms with van der Waals surface area (Å²) in [7, 11) is 0. The van der Waals surface area contributed by atoms with Crippen molar-refractivity contribution in [2.75, 3.05) is 6.54 Å². The van der Waals surface area contributed by atoms with Crippen LogP contribution in [0.25, 0.3) is 0 Å². The Labute approximate surface area is 222 Å². The lowest BCUT2D eigenvalue weighted by Gasteiger charge is -2.23. The van der Waals surface area contributed by atoms with E-state index in [1.165, 1.54) is 22.5 Å². The van der Waals surface area contributed by atoms with Gasteiger partial charge in [0.15, 0.2) is 0 Å². The summed E-state index contributed by atoms with van der Waals surface area (Å²) in [4.78, 5) is 39.6. The Bertz CT molecular complexity index is 1210. The normalized spacial score (nSPS) is 17.3. The van der Waals surface area contributed by atoms with Gasteiger partial charge in [-0.2, -0.15) is 13.2 Å². The maximum Gasteiger partial charge on any atom is 0.408 e. The average molecular weight is 560 g/mol. The summed E-state index contributed by atoms with van der Waals surface area (Å²) in [5.41, 5.74) is -0.00884. The van der Waals surface area contributed by atoms with Gasteiger partial charge in [0.2, 0.25) is 0 Å². The van der Waals surface area contributed by atoms with Crippen LogP contribution in [0.15, 0.2) is 40.2 Å². The van der Waals surface area contributed by atoms with Crippen molar-refractivity contribution in [3.63, 3.8) is 0 Å². The van der Waals surface area contributed by atoms with E-state index in [1.54, 1.807) is 52.0 Å². The van der Waals surface area contributed by atoms with Gasteiger partial charge in [0.05, 0.1) is 23.7 Å². The molecule has 0 spiro atoms. The number of aromatic nitrogens is 1. The van der Waals surface area contributed by atoms with E-state index in [0.717, 1.165) is 5.56 Å². The SMILES string of the molecule is C[C@H]1Sc2c(C(=O)NCCCC(F)(F)F)cn(Cc3ccc(Cl)cc3)c(=O)c2[C@H]1NC(=O)OC(C)(C)C. The van der Waals surface area contributed by atoms with Crippen molar-refractivity contribution < 1.29 is 27.5 Å². The van der Waals surface area contributed by atoms with Gasteiger partial charge < -0.3 is 19.9 Å². The molecule has 1 aromatic carbocycles. The molecule has 0 bridgehead atoms. The second kappa shape index (κ2) is 11.4. The number of carbonyl (C=O) groups is 2. The first kappa shape index (κ1) is 28.9. The van der Waals surface area contributed by atoms with Crippen LogP contribution in [0.3, 0.4) is 0 Å². The first-order valence-corrected chi connectivity index (χ1v) is 12.9. The van der Waals surface area contributed by atoms with Crippen molar-refractivity contribution in [2.24, 2.45) is 0 Å². The number of nitrogens with one attached hydrogen (secondary N) is 2. The van der Waals surface area contributed by atoms with Gasteiger partial charge in [0.25, 0.3) is 11.5 Å². The van der Waals surface area contributed by atoms with E-state index in [4.69, 9.17) is 16.3 Å². The van der Waals surface area contributed by atoms with Crippen LogP contribution < -0.4 is 16.2 Å². The van der Waals surface area contributed by atoms with Crippen molar-refractivity contribution >= 4 is 35.4 Å². The number of alkyl carbamates (subject to hydrolysis) is 1. The third-order valence-electron chi connectivity index (χ3n) is 5.46. The van der Waals surface area contributed by atoms with Crippen LogP contribution >= 0.6 is 23.4 Å². The Morgan fingerprint density at radius 3 is 2.41 bits per heavy atom. The zero-order chi connectivity index (χ0) is 27.5. The van der Waals surface area contributed by atoms with Gasteiger partial charge in [-0.05, 0) is 44.9 Å². The number of alkyl halides is 3. The minimum absolute atomic E-state index is 0.121.